The summed E-state index contributed by atoms with van der Waals surface area (Å²) in [5.74, 6) is 0. The van der Waals surface area contributed by atoms with Gasteiger partial charge in [-0.3, -0.25) is 0 Å². The van der Waals surface area contributed by atoms with Gasteiger partial charge in [-0.25, -0.2) is 42.7 Å². The molecule has 0 aromatic heterocycles. The van der Waals surface area contributed by atoms with E-state index >= 15 is 0 Å². The third kappa shape index (κ3) is 3.30. The summed E-state index contributed by atoms with van der Waals surface area (Å²) in [6.07, 6.45) is 0. The Morgan fingerprint density at radius 1 is 0.625 bits per heavy atom. The first-order chi connectivity index (χ1) is 6.20. The minimum atomic E-state index is 0. The SMILES string of the molecule is [CH2-]c1ccc([CH2-])c2c([CH2-])cccc12.[Li+].[Li+].[Li+]. The fraction of sp³-hybridized carbons (Fsp3) is 0. The average Bonchev–Trinajstić information content (AvgIpc) is 2.12. The van der Waals surface area contributed by atoms with E-state index in [9.17, 15) is 0 Å². The zero-order chi connectivity index (χ0) is 9.42. The van der Waals surface area contributed by atoms with Gasteiger partial charge in [0.05, 0.1) is 0 Å². The van der Waals surface area contributed by atoms with Crippen LogP contribution in [0.3, 0.4) is 0 Å². The van der Waals surface area contributed by atoms with Gasteiger partial charge < -0.3 is 0 Å². The van der Waals surface area contributed by atoms with Crippen LogP contribution in [-0.4, -0.2) is 0 Å². The maximum Gasteiger partial charge on any atom is 1.00 e. The molecule has 2 rings (SSSR count). The first-order valence-corrected chi connectivity index (χ1v) is 4.22. The smallest absolute Gasteiger partial charge is 0.220 e. The van der Waals surface area contributed by atoms with Crippen LogP contribution in [0.5, 0.6) is 0 Å². The monoisotopic (exact) mass is 188 g/mol. The average molecular weight is 188 g/mol. The molecule has 0 aliphatic carbocycles. The topological polar surface area (TPSA) is 0 Å². The second-order valence-corrected chi connectivity index (χ2v) is 3.22. The Morgan fingerprint density at radius 2 is 1.12 bits per heavy atom. The largest absolute Gasteiger partial charge is 1.00 e. The standard InChI is InChI=1S/C13H11.3Li/c1-9-7-8-11(3)13-10(2)5-4-6-12(9)13;;;/h4-8H,1-3H2;;;/q-3;3*+1. The van der Waals surface area contributed by atoms with Gasteiger partial charge >= 0.3 is 56.6 Å². The molecule has 0 saturated heterocycles. The maximum absolute atomic E-state index is 3.98. The third-order valence-electron chi connectivity index (χ3n) is 2.30. The van der Waals surface area contributed by atoms with Gasteiger partial charge in [-0.2, -0.15) is 23.8 Å². The van der Waals surface area contributed by atoms with Crippen LogP contribution < -0.4 is 56.6 Å². The van der Waals surface area contributed by atoms with Crippen LogP contribution in [0.25, 0.3) is 10.8 Å². The molecule has 3 heteroatoms. The molecular formula is C13H11Li3. The summed E-state index contributed by atoms with van der Waals surface area (Å²) in [6.45, 7) is 11.9. The summed E-state index contributed by atoms with van der Waals surface area (Å²) < 4.78 is 0. The number of rotatable bonds is 0. The molecule has 0 N–H and O–H groups in total. The van der Waals surface area contributed by atoms with Crippen molar-refractivity contribution in [2.45, 2.75) is 0 Å². The van der Waals surface area contributed by atoms with Gasteiger partial charge in [-0.05, 0) is 0 Å². The molecule has 0 unspecified atom stereocenters. The predicted molar refractivity (Wildman–Crippen MR) is 57.3 cm³/mol. The molecule has 66 valence electrons. The molecule has 0 bridgehead atoms. The third-order valence-corrected chi connectivity index (χ3v) is 2.30. The Balaban J connectivity index is 0. The first-order valence-electron chi connectivity index (χ1n) is 4.22. The second-order valence-electron chi connectivity index (χ2n) is 3.22. The minimum Gasteiger partial charge on any atom is -0.220 e. The summed E-state index contributed by atoms with van der Waals surface area (Å²) >= 11 is 0. The molecular weight excluding hydrogens is 177 g/mol. The van der Waals surface area contributed by atoms with Crippen molar-refractivity contribution in [3.05, 3.63) is 67.8 Å². The van der Waals surface area contributed by atoms with E-state index in [1.165, 1.54) is 0 Å². The molecule has 0 amide bonds. The molecule has 0 nitrogen and oxygen atoms in total. The van der Waals surface area contributed by atoms with E-state index in [2.05, 4.69) is 26.8 Å². The predicted octanol–water partition coefficient (Wildman–Crippen LogP) is -5.60. The quantitative estimate of drug-likeness (QED) is 0.285. The van der Waals surface area contributed by atoms with E-state index in [1.807, 2.05) is 24.3 Å². The maximum atomic E-state index is 3.98. The summed E-state index contributed by atoms with van der Waals surface area (Å²) in [5, 5.41) is 2.29. The van der Waals surface area contributed by atoms with Gasteiger partial charge in [0.15, 0.2) is 0 Å². The van der Waals surface area contributed by atoms with E-state index in [0.29, 0.717) is 0 Å². The molecule has 0 radical (unpaired) electrons. The molecule has 0 aliphatic heterocycles. The Hall–Kier alpha value is 0.102. The van der Waals surface area contributed by atoms with Crippen molar-refractivity contribution in [3.8, 4) is 0 Å². The van der Waals surface area contributed by atoms with Crippen molar-refractivity contribution in [2.24, 2.45) is 0 Å². The van der Waals surface area contributed by atoms with E-state index in [0.717, 1.165) is 27.5 Å². The van der Waals surface area contributed by atoms with Crippen molar-refractivity contribution in [3.63, 3.8) is 0 Å². The van der Waals surface area contributed by atoms with Crippen molar-refractivity contribution >= 4 is 10.8 Å². The summed E-state index contributed by atoms with van der Waals surface area (Å²) in [7, 11) is 0. The molecule has 2 aromatic rings. The van der Waals surface area contributed by atoms with Crippen molar-refractivity contribution in [2.75, 3.05) is 0 Å². The van der Waals surface area contributed by atoms with Gasteiger partial charge in [-0.1, -0.05) is 0 Å². The number of hydrogen-bond acceptors (Lipinski definition) is 0. The molecule has 0 fully saturated rings. The normalized spacial score (nSPS) is 8.50. The minimum absolute atomic E-state index is 0. The number of fused-ring (bicyclic) bond motifs is 1. The zero-order valence-corrected chi connectivity index (χ0v) is 10.5. The zero-order valence-electron chi connectivity index (χ0n) is 10.5. The summed E-state index contributed by atoms with van der Waals surface area (Å²) in [5.41, 5.74) is 3.08. The molecule has 0 saturated carbocycles. The Labute approximate surface area is 134 Å². The Morgan fingerprint density at radius 3 is 1.69 bits per heavy atom. The van der Waals surface area contributed by atoms with Gasteiger partial charge in [0.2, 0.25) is 0 Å². The van der Waals surface area contributed by atoms with E-state index < -0.39 is 0 Å². The fourth-order valence-corrected chi connectivity index (χ4v) is 1.62. The molecule has 2 aromatic carbocycles. The number of hydrogen-bond donors (Lipinski definition) is 0. The van der Waals surface area contributed by atoms with Crippen molar-refractivity contribution in [1.82, 2.24) is 0 Å². The van der Waals surface area contributed by atoms with Gasteiger partial charge in [-0.15, -0.1) is 12.1 Å². The molecule has 0 spiro atoms. The van der Waals surface area contributed by atoms with Crippen LogP contribution in [0.15, 0.2) is 30.3 Å². The molecule has 0 aliphatic rings. The van der Waals surface area contributed by atoms with E-state index in [1.54, 1.807) is 0 Å². The van der Waals surface area contributed by atoms with Crippen LogP contribution in [0.4, 0.5) is 0 Å². The number of benzene rings is 2. The molecule has 0 heterocycles. The van der Waals surface area contributed by atoms with Crippen LogP contribution in [0.1, 0.15) is 16.7 Å². The van der Waals surface area contributed by atoms with Crippen LogP contribution in [0.2, 0.25) is 0 Å². The summed E-state index contributed by atoms with van der Waals surface area (Å²) in [6, 6.07) is 10.0. The molecule has 16 heavy (non-hydrogen) atoms. The van der Waals surface area contributed by atoms with E-state index in [-0.39, 0.29) is 56.6 Å². The summed E-state index contributed by atoms with van der Waals surface area (Å²) in [4.78, 5) is 0. The van der Waals surface area contributed by atoms with Crippen LogP contribution in [-0.2, 0) is 0 Å². The van der Waals surface area contributed by atoms with Crippen molar-refractivity contribution < 1.29 is 56.6 Å². The fourth-order valence-electron chi connectivity index (χ4n) is 1.62. The van der Waals surface area contributed by atoms with Gasteiger partial charge in [0.25, 0.3) is 0 Å². The van der Waals surface area contributed by atoms with Gasteiger partial charge in [0, 0.05) is 0 Å². The molecule has 0 atom stereocenters. The second kappa shape index (κ2) is 7.43. The van der Waals surface area contributed by atoms with Crippen molar-refractivity contribution in [1.29, 1.82) is 0 Å². The van der Waals surface area contributed by atoms with Crippen LogP contribution in [0, 0.1) is 20.8 Å². The van der Waals surface area contributed by atoms with E-state index in [4.69, 9.17) is 0 Å². The Bertz CT molecular complexity index is 456. The van der Waals surface area contributed by atoms with Crippen LogP contribution >= 0.6 is 0 Å². The first kappa shape index (κ1) is 18.5. The van der Waals surface area contributed by atoms with Gasteiger partial charge in [0.1, 0.15) is 0 Å². The Kier molecular flexibility index (Phi) is 8.58.